The standard InChI is InChI=1S/C30H41N3O2/c1-2-3-4-5-6-7-8-9-10-11-12-13-14-15-16-17-18-22-29(34)32-27-23-25-33(26-27)30(35)28-21-19-20-24-31-28/h3-4,6-7,9-10,12-13,15-16,19-21,24,27H,2,5,8,11,14,17-18,22-23,25-26H2,1H3,(H,32,34)/b4-3-,7-6-,10-9-,13-12-,16-15-/t27-/m0/s1. The molecule has 1 N–H and O–H groups in total. The van der Waals surface area contributed by atoms with Gasteiger partial charge in [-0.1, -0.05) is 73.8 Å². The van der Waals surface area contributed by atoms with Crippen molar-refractivity contribution in [2.24, 2.45) is 0 Å². The lowest BCUT2D eigenvalue weighted by molar-refractivity contribution is -0.121. The number of nitrogens with one attached hydrogen (secondary N) is 1. The third kappa shape index (κ3) is 12.7. The van der Waals surface area contributed by atoms with Crippen molar-refractivity contribution >= 4 is 11.8 Å². The number of nitrogens with zero attached hydrogens (tertiary/aromatic N) is 2. The van der Waals surface area contributed by atoms with E-state index in [-0.39, 0.29) is 17.9 Å². The summed E-state index contributed by atoms with van der Waals surface area (Å²) in [6.45, 7) is 3.35. The van der Waals surface area contributed by atoms with Crippen LogP contribution in [0.5, 0.6) is 0 Å². The molecule has 0 saturated carbocycles. The number of carbonyl (C=O) groups excluding carboxylic acids is 2. The third-order valence-electron chi connectivity index (χ3n) is 5.66. The van der Waals surface area contributed by atoms with Gasteiger partial charge in [-0.15, -0.1) is 0 Å². The smallest absolute Gasteiger partial charge is 0.272 e. The largest absolute Gasteiger partial charge is 0.352 e. The van der Waals surface area contributed by atoms with Crippen LogP contribution in [-0.2, 0) is 4.79 Å². The van der Waals surface area contributed by atoms with E-state index in [2.05, 4.69) is 78.0 Å². The second kappa shape index (κ2) is 18.2. The average molecular weight is 476 g/mol. The zero-order valence-electron chi connectivity index (χ0n) is 21.1. The van der Waals surface area contributed by atoms with Crippen molar-refractivity contribution in [3.8, 4) is 0 Å². The summed E-state index contributed by atoms with van der Waals surface area (Å²) in [4.78, 5) is 30.6. The number of allylic oxidation sites excluding steroid dienone is 10. The van der Waals surface area contributed by atoms with Crippen LogP contribution in [0.15, 0.2) is 85.2 Å². The molecule has 0 aromatic carbocycles. The van der Waals surface area contributed by atoms with Crippen molar-refractivity contribution in [1.82, 2.24) is 15.2 Å². The molecule has 1 aromatic rings. The first-order valence-electron chi connectivity index (χ1n) is 12.9. The molecule has 1 fully saturated rings. The Morgan fingerprint density at radius 2 is 1.57 bits per heavy atom. The van der Waals surface area contributed by atoms with E-state index in [1.165, 1.54) is 0 Å². The number of amides is 2. The van der Waals surface area contributed by atoms with E-state index < -0.39 is 0 Å². The Labute approximate surface area is 211 Å². The molecule has 1 aliphatic heterocycles. The highest BCUT2D eigenvalue weighted by atomic mass is 16.2. The molecule has 0 radical (unpaired) electrons. The molecule has 2 amide bonds. The van der Waals surface area contributed by atoms with E-state index >= 15 is 0 Å². The highest BCUT2D eigenvalue weighted by Gasteiger charge is 2.28. The van der Waals surface area contributed by atoms with Gasteiger partial charge in [0.25, 0.3) is 5.91 Å². The second-order valence-electron chi connectivity index (χ2n) is 8.62. The van der Waals surface area contributed by atoms with Crippen LogP contribution >= 0.6 is 0 Å². The first-order valence-corrected chi connectivity index (χ1v) is 12.9. The maximum atomic E-state index is 12.5. The van der Waals surface area contributed by atoms with Gasteiger partial charge in [-0.2, -0.15) is 0 Å². The van der Waals surface area contributed by atoms with E-state index in [1.807, 2.05) is 6.07 Å². The number of rotatable bonds is 15. The summed E-state index contributed by atoms with van der Waals surface area (Å²) in [5.74, 6) is -0.00442. The lowest BCUT2D eigenvalue weighted by Crippen LogP contribution is -2.38. The van der Waals surface area contributed by atoms with Gasteiger partial charge in [0.05, 0.1) is 0 Å². The predicted octanol–water partition coefficient (Wildman–Crippen LogP) is 6.33. The predicted molar refractivity (Wildman–Crippen MR) is 145 cm³/mol. The fraction of sp³-hybridized carbons (Fsp3) is 0.433. The summed E-state index contributed by atoms with van der Waals surface area (Å²) < 4.78 is 0. The van der Waals surface area contributed by atoms with Crippen molar-refractivity contribution in [1.29, 1.82) is 0 Å². The molecule has 0 aliphatic carbocycles. The summed E-state index contributed by atoms with van der Waals surface area (Å²) >= 11 is 0. The highest BCUT2D eigenvalue weighted by Crippen LogP contribution is 2.13. The summed E-state index contributed by atoms with van der Waals surface area (Å²) in [6, 6.07) is 5.36. The zero-order chi connectivity index (χ0) is 25.0. The molecule has 5 heteroatoms. The van der Waals surface area contributed by atoms with E-state index in [9.17, 15) is 9.59 Å². The zero-order valence-corrected chi connectivity index (χ0v) is 21.1. The minimum Gasteiger partial charge on any atom is -0.352 e. The van der Waals surface area contributed by atoms with Crippen LogP contribution in [0, 0.1) is 0 Å². The molecule has 1 saturated heterocycles. The van der Waals surface area contributed by atoms with Crippen molar-refractivity contribution in [3.63, 3.8) is 0 Å². The van der Waals surface area contributed by atoms with Crippen molar-refractivity contribution < 1.29 is 9.59 Å². The molecule has 2 heterocycles. The van der Waals surface area contributed by atoms with E-state index in [4.69, 9.17) is 0 Å². The first-order chi connectivity index (χ1) is 17.2. The quantitative estimate of drug-likeness (QED) is 0.238. The van der Waals surface area contributed by atoms with Gasteiger partial charge in [-0.05, 0) is 63.5 Å². The van der Waals surface area contributed by atoms with Gasteiger partial charge in [-0.25, -0.2) is 0 Å². The molecule has 0 spiro atoms. The van der Waals surface area contributed by atoms with Gasteiger partial charge in [-0.3, -0.25) is 14.6 Å². The molecule has 5 nitrogen and oxygen atoms in total. The molecule has 0 bridgehead atoms. The number of hydrogen-bond donors (Lipinski definition) is 1. The molecule has 1 aliphatic rings. The highest BCUT2D eigenvalue weighted by molar-refractivity contribution is 5.92. The number of unbranched alkanes of at least 4 members (excludes halogenated alkanes) is 1. The molecule has 0 unspecified atom stereocenters. The molecule has 2 rings (SSSR count). The Morgan fingerprint density at radius 3 is 2.17 bits per heavy atom. The van der Waals surface area contributed by atoms with Crippen LogP contribution in [0.4, 0.5) is 0 Å². The van der Waals surface area contributed by atoms with Crippen LogP contribution in [-0.4, -0.2) is 40.8 Å². The average Bonchev–Trinajstić information content (AvgIpc) is 3.34. The van der Waals surface area contributed by atoms with Gasteiger partial charge < -0.3 is 10.2 Å². The lowest BCUT2D eigenvalue weighted by Gasteiger charge is -2.16. The molecule has 1 atom stereocenters. The minimum atomic E-state index is -0.0688. The monoisotopic (exact) mass is 475 g/mol. The van der Waals surface area contributed by atoms with Crippen molar-refractivity contribution in [2.75, 3.05) is 13.1 Å². The molecular formula is C30H41N3O2. The van der Waals surface area contributed by atoms with Crippen molar-refractivity contribution in [3.05, 3.63) is 90.9 Å². The molecule has 188 valence electrons. The second-order valence-corrected chi connectivity index (χ2v) is 8.62. The summed E-state index contributed by atoms with van der Waals surface area (Å²) in [5.41, 5.74) is 0.455. The fourth-order valence-corrected chi connectivity index (χ4v) is 3.76. The number of aromatic nitrogens is 1. The Kier molecular flexibility index (Phi) is 14.5. The van der Waals surface area contributed by atoms with Crippen LogP contribution in [0.25, 0.3) is 0 Å². The van der Waals surface area contributed by atoms with Crippen LogP contribution in [0.1, 0.15) is 75.2 Å². The Hall–Kier alpha value is -3.21. The summed E-state index contributed by atoms with van der Waals surface area (Å²) in [5, 5.41) is 3.07. The SMILES string of the molecule is CC/C=C\C/C=C\C/C=C\C/C=C\C/C=C\CCCC(=O)N[C@H]1CCN(C(=O)c2ccccn2)C1. The Morgan fingerprint density at radius 1 is 0.943 bits per heavy atom. The maximum absolute atomic E-state index is 12.5. The van der Waals surface area contributed by atoms with Gasteiger partial charge >= 0.3 is 0 Å². The fourth-order valence-electron chi connectivity index (χ4n) is 3.76. The third-order valence-corrected chi connectivity index (χ3v) is 5.66. The topological polar surface area (TPSA) is 62.3 Å². The Bertz CT molecular complexity index is 884. The number of carbonyl (C=O) groups is 2. The van der Waals surface area contributed by atoms with Crippen LogP contribution < -0.4 is 5.32 Å². The molecular weight excluding hydrogens is 434 g/mol. The summed E-state index contributed by atoms with van der Waals surface area (Å²) in [6.07, 6.45) is 31.5. The van der Waals surface area contributed by atoms with E-state index in [1.54, 1.807) is 23.2 Å². The van der Waals surface area contributed by atoms with Gasteiger partial charge in [0, 0.05) is 31.7 Å². The number of hydrogen-bond acceptors (Lipinski definition) is 3. The normalized spacial score (nSPS) is 16.6. The number of pyridine rings is 1. The van der Waals surface area contributed by atoms with E-state index in [0.29, 0.717) is 25.2 Å². The van der Waals surface area contributed by atoms with Gasteiger partial charge in [0.2, 0.25) is 5.91 Å². The van der Waals surface area contributed by atoms with Crippen LogP contribution in [0.2, 0.25) is 0 Å². The summed E-state index contributed by atoms with van der Waals surface area (Å²) in [7, 11) is 0. The van der Waals surface area contributed by atoms with Crippen LogP contribution in [0.3, 0.4) is 0 Å². The lowest BCUT2D eigenvalue weighted by atomic mass is 10.2. The van der Waals surface area contributed by atoms with Gasteiger partial charge in [0.1, 0.15) is 5.69 Å². The Balaban J connectivity index is 1.47. The molecule has 35 heavy (non-hydrogen) atoms. The minimum absolute atomic E-state index is 0.0314. The first kappa shape index (κ1) is 28.0. The maximum Gasteiger partial charge on any atom is 0.272 e. The van der Waals surface area contributed by atoms with Gasteiger partial charge in [0.15, 0.2) is 0 Å². The number of likely N-dealkylation sites (tertiary alicyclic amines) is 1. The molecule has 1 aromatic heterocycles. The van der Waals surface area contributed by atoms with E-state index in [0.717, 1.165) is 51.4 Å². The van der Waals surface area contributed by atoms with Crippen molar-refractivity contribution in [2.45, 2.75) is 70.8 Å².